The van der Waals surface area contributed by atoms with Crippen LogP contribution in [0.25, 0.3) is 0 Å². The zero-order valence-corrected chi connectivity index (χ0v) is 14.2. The van der Waals surface area contributed by atoms with Crippen molar-refractivity contribution in [2.24, 2.45) is 11.0 Å². The molecule has 6 nitrogen and oxygen atoms in total. The monoisotopic (exact) mass is 339 g/mol. The van der Waals surface area contributed by atoms with Crippen LogP contribution in [0.4, 0.5) is 5.69 Å². The predicted octanol–water partition coefficient (Wildman–Crippen LogP) is 3.14. The first-order chi connectivity index (χ1) is 12.0. The van der Waals surface area contributed by atoms with E-state index < -0.39 is 0 Å². The predicted molar refractivity (Wildman–Crippen MR) is 97.7 cm³/mol. The van der Waals surface area contributed by atoms with Crippen LogP contribution in [0, 0.1) is 5.92 Å². The van der Waals surface area contributed by atoms with Crippen molar-refractivity contribution in [1.29, 1.82) is 0 Å². The van der Waals surface area contributed by atoms with E-state index in [0.717, 1.165) is 0 Å². The highest BCUT2D eigenvalue weighted by Gasteiger charge is 2.07. The number of anilines is 1. The van der Waals surface area contributed by atoms with Gasteiger partial charge in [0.05, 0.1) is 6.21 Å². The number of phenolic OH excluding ortho intramolecular Hbond substituents is 1. The number of carbonyl (C=O) groups excluding carboxylic acids is 2. The highest BCUT2D eigenvalue weighted by molar-refractivity contribution is 5.96. The third-order valence-corrected chi connectivity index (χ3v) is 3.33. The van der Waals surface area contributed by atoms with Gasteiger partial charge < -0.3 is 10.4 Å². The number of hydrogen-bond donors (Lipinski definition) is 3. The van der Waals surface area contributed by atoms with Crippen LogP contribution in [0.15, 0.2) is 53.6 Å². The molecule has 2 amide bonds. The fourth-order valence-corrected chi connectivity index (χ4v) is 2.11. The molecule has 0 aliphatic rings. The van der Waals surface area contributed by atoms with E-state index in [4.69, 9.17) is 0 Å². The molecule has 25 heavy (non-hydrogen) atoms. The van der Waals surface area contributed by atoms with E-state index in [1.807, 2.05) is 13.8 Å². The summed E-state index contributed by atoms with van der Waals surface area (Å²) in [5.41, 5.74) is 3.95. The lowest BCUT2D eigenvalue weighted by Gasteiger charge is -2.07. The first-order valence-electron chi connectivity index (χ1n) is 7.97. The van der Waals surface area contributed by atoms with Crippen LogP contribution >= 0.6 is 0 Å². The summed E-state index contributed by atoms with van der Waals surface area (Å²) < 4.78 is 0. The van der Waals surface area contributed by atoms with Crippen molar-refractivity contribution in [2.45, 2.75) is 20.3 Å². The third kappa shape index (κ3) is 5.76. The van der Waals surface area contributed by atoms with E-state index in [-0.39, 0.29) is 23.5 Å². The molecule has 0 atom stereocenters. The molecular weight excluding hydrogens is 318 g/mol. The Morgan fingerprint density at radius 2 is 1.80 bits per heavy atom. The summed E-state index contributed by atoms with van der Waals surface area (Å²) >= 11 is 0. The number of hydrazone groups is 1. The van der Waals surface area contributed by atoms with Crippen LogP contribution in [0.3, 0.4) is 0 Å². The third-order valence-electron chi connectivity index (χ3n) is 3.33. The van der Waals surface area contributed by atoms with Gasteiger partial charge in [0.2, 0.25) is 5.91 Å². The number of hydrogen-bond acceptors (Lipinski definition) is 4. The minimum atomic E-state index is -0.383. The summed E-state index contributed by atoms with van der Waals surface area (Å²) in [5, 5.41) is 16.2. The summed E-state index contributed by atoms with van der Waals surface area (Å²) in [5.74, 6) is -0.0693. The lowest BCUT2D eigenvalue weighted by molar-refractivity contribution is -0.116. The van der Waals surface area contributed by atoms with Gasteiger partial charge in [0.15, 0.2) is 0 Å². The maximum atomic E-state index is 12.0. The highest BCUT2D eigenvalue weighted by Crippen LogP contribution is 2.13. The lowest BCUT2D eigenvalue weighted by Crippen LogP contribution is -2.18. The SMILES string of the molecule is CC(C)CC(=O)Nc1ccc(C(=O)N/N=C/c2ccccc2O)cc1. The van der Waals surface area contributed by atoms with Crippen molar-refractivity contribution < 1.29 is 14.7 Å². The van der Waals surface area contributed by atoms with Crippen LogP contribution in [-0.2, 0) is 4.79 Å². The Bertz CT molecular complexity index is 768. The van der Waals surface area contributed by atoms with E-state index in [0.29, 0.717) is 23.2 Å². The fraction of sp³-hybridized carbons (Fsp3) is 0.211. The van der Waals surface area contributed by atoms with Crippen molar-refractivity contribution >= 4 is 23.7 Å². The van der Waals surface area contributed by atoms with Crippen LogP contribution in [0.2, 0.25) is 0 Å². The Hall–Kier alpha value is -3.15. The van der Waals surface area contributed by atoms with Crippen molar-refractivity contribution in [3.8, 4) is 5.75 Å². The number of aromatic hydroxyl groups is 1. The van der Waals surface area contributed by atoms with E-state index in [1.54, 1.807) is 42.5 Å². The van der Waals surface area contributed by atoms with Gasteiger partial charge in [0, 0.05) is 23.2 Å². The van der Waals surface area contributed by atoms with Crippen LogP contribution in [0.1, 0.15) is 36.2 Å². The van der Waals surface area contributed by atoms with E-state index in [2.05, 4.69) is 15.8 Å². The molecule has 0 aromatic heterocycles. The summed E-state index contributed by atoms with van der Waals surface area (Å²) in [6, 6.07) is 13.2. The number of carbonyl (C=O) groups is 2. The van der Waals surface area contributed by atoms with E-state index in [1.165, 1.54) is 12.3 Å². The largest absolute Gasteiger partial charge is 0.507 e. The Morgan fingerprint density at radius 1 is 1.12 bits per heavy atom. The first kappa shape index (κ1) is 18.2. The molecule has 0 radical (unpaired) electrons. The zero-order chi connectivity index (χ0) is 18.2. The van der Waals surface area contributed by atoms with Gasteiger partial charge >= 0.3 is 0 Å². The number of nitrogens with one attached hydrogen (secondary N) is 2. The van der Waals surface area contributed by atoms with Crippen LogP contribution < -0.4 is 10.7 Å². The number of para-hydroxylation sites is 1. The summed E-state index contributed by atoms with van der Waals surface area (Å²) in [6.07, 6.45) is 1.82. The molecule has 6 heteroatoms. The number of benzene rings is 2. The molecule has 0 saturated heterocycles. The molecule has 0 fully saturated rings. The molecule has 0 unspecified atom stereocenters. The van der Waals surface area contributed by atoms with Crippen LogP contribution in [0.5, 0.6) is 5.75 Å². The Labute approximate surface area is 146 Å². The molecular formula is C19H21N3O3. The van der Waals surface area contributed by atoms with E-state index >= 15 is 0 Å². The molecule has 3 N–H and O–H groups in total. The molecule has 2 aromatic carbocycles. The Balaban J connectivity index is 1.92. The summed E-state index contributed by atoms with van der Waals surface area (Å²) in [7, 11) is 0. The standard InChI is InChI=1S/C19H21N3O3/c1-13(2)11-18(24)21-16-9-7-14(8-10-16)19(25)22-20-12-15-5-3-4-6-17(15)23/h3-10,12-13,23H,11H2,1-2H3,(H,21,24)(H,22,25)/b20-12+. The summed E-state index contributed by atoms with van der Waals surface area (Å²) in [4.78, 5) is 23.7. The highest BCUT2D eigenvalue weighted by atomic mass is 16.3. The molecule has 0 aliphatic carbocycles. The normalized spacial score (nSPS) is 10.8. The van der Waals surface area contributed by atoms with Crippen LogP contribution in [-0.4, -0.2) is 23.1 Å². The van der Waals surface area contributed by atoms with Gasteiger partial charge in [0.1, 0.15) is 5.75 Å². The molecule has 0 bridgehead atoms. The quantitative estimate of drug-likeness (QED) is 0.558. The molecule has 0 aliphatic heterocycles. The first-order valence-corrected chi connectivity index (χ1v) is 7.97. The summed E-state index contributed by atoms with van der Waals surface area (Å²) in [6.45, 7) is 3.95. The van der Waals surface area contributed by atoms with Gasteiger partial charge in [-0.15, -0.1) is 0 Å². The van der Waals surface area contributed by atoms with Gasteiger partial charge in [0.25, 0.3) is 5.91 Å². The minimum absolute atomic E-state index is 0.0560. The number of phenols is 1. The molecule has 2 rings (SSSR count). The topological polar surface area (TPSA) is 90.8 Å². The van der Waals surface area contributed by atoms with Gasteiger partial charge in [-0.3, -0.25) is 9.59 Å². The van der Waals surface area contributed by atoms with Crippen molar-refractivity contribution in [2.75, 3.05) is 5.32 Å². The molecule has 0 saturated carbocycles. The van der Waals surface area contributed by atoms with E-state index in [9.17, 15) is 14.7 Å². The number of nitrogens with zero attached hydrogens (tertiary/aromatic N) is 1. The second-order valence-electron chi connectivity index (χ2n) is 5.98. The van der Waals surface area contributed by atoms with Crippen molar-refractivity contribution in [1.82, 2.24) is 5.43 Å². The fourth-order valence-electron chi connectivity index (χ4n) is 2.11. The molecule has 0 spiro atoms. The number of amides is 2. The minimum Gasteiger partial charge on any atom is -0.507 e. The lowest BCUT2D eigenvalue weighted by atomic mass is 10.1. The van der Waals surface area contributed by atoms with Gasteiger partial charge in [-0.05, 0) is 42.3 Å². The van der Waals surface area contributed by atoms with Crippen molar-refractivity contribution in [3.05, 3.63) is 59.7 Å². The smallest absolute Gasteiger partial charge is 0.271 e. The van der Waals surface area contributed by atoms with Gasteiger partial charge in [-0.25, -0.2) is 5.43 Å². The van der Waals surface area contributed by atoms with Gasteiger partial charge in [-0.2, -0.15) is 5.10 Å². The van der Waals surface area contributed by atoms with Crippen molar-refractivity contribution in [3.63, 3.8) is 0 Å². The molecule has 130 valence electrons. The zero-order valence-electron chi connectivity index (χ0n) is 14.2. The second-order valence-corrected chi connectivity index (χ2v) is 5.98. The average molecular weight is 339 g/mol. The Morgan fingerprint density at radius 3 is 2.44 bits per heavy atom. The number of rotatable bonds is 6. The second kappa shape index (κ2) is 8.63. The Kier molecular flexibility index (Phi) is 6.28. The van der Waals surface area contributed by atoms with Gasteiger partial charge in [-0.1, -0.05) is 26.0 Å². The molecule has 2 aromatic rings. The average Bonchev–Trinajstić information content (AvgIpc) is 2.56. The maximum Gasteiger partial charge on any atom is 0.271 e. The molecule has 0 heterocycles. The maximum absolute atomic E-state index is 12.0.